The summed E-state index contributed by atoms with van der Waals surface area (Å²) in [7, 11) is 0. The van der Waals surface area contributed by atoms with Gasteiger partial charge in [0.15, 0.2) is 11.8 Å². The van der Waals surface area contributed by atoms with E-state index < -0.39 is 11.4 Å². The number of carbonyl (C=O) groups is 1. The molecule has 3 heterocycles. The first-order chi connectivity index (χ1) is 13.7. The first kappa shape index (κ1) is 20.6. The molecule has 3 N–H and O–H groups in total. The van der Waals surface area contributed by atoms with Crippen LogP contribution >= 0.6 is 11.8 Å². The summed E-state index contributed by atoms with van der Waals surface area (Å²) in [5, 5.41) is 3.34. The second kappa shape index (κ2) is 8.09. The molecule has 1 aliphatic heterocycles. The van der Waals surface area contributed by atoms with Gasteiger partial charge in [0.05, 0.1) is 18.1 Å². The molecule has 0 unspecified atom stereocenters. The SMILES string of the molecule is C#CCOc1cnc(C(=O)Nc2ccnc([C@]3(C)CC(C)(C)SC(N)=N3)c2)cn1. The molecule has 3 rings (SSSR count). The Labute approximate surface area is 173 Å². The Morgan fingerprint density at radius 3 is 2.79 bits per heavy atom. The Morgan fingerprint density at radius 2 is 2.14 bits per heavy atom. The number of nitrogens with zero attached hydrogens (tertiary/aromatic N) is 4. The van der Waals surface area contributed by atoms with Gasteiger partial charge in [-0.25, -0.2) is 15.0 Å². The minimum Gasteiger partial charge on any atom is -0.463 e. The van der Waals surface area contributed by atoms with E-state index in [9.17, 15) is 4.79 Å². The van der Waals surface area contributed by atoms with E-state index in [1.807, 2.05) is 6.92 Å². The van der Waals surface area contributed by atoms with Crippen LogP contribution in [-0.2, 0) is 5.54 Å². The summed E-state index contributed by atoms with van der Waals surface area (Å²) in [6.07, 6.45) is 10.2. The van der Waals surface area contributed by atoms with Crippen LogP contribution in [0.2, 0.25) is 0 Å². The summed E-state index contributed by atoms with van der Waals surface area (Å²) in [5.74, 6) is 2.19. The number of aromatic nitrogens is 3. The number of terminal acetylenes is 1. The molecule has 9 heteroatoms. The fraction of sp³-hybridized carbons (Fsp3) is 0.350. The molecule has 150 valence electrons. The zero-order valence-corrected chi connectivity index (χ0v) is 17.3. The molecule has 0 saturated carbocycles. The molecule has 0 bridgehead atoms. The van der Waals surface area contributed by atoms with Crippen molar-refractivity contribution in [2.75, 3.05) is 11.9 Å². The number of nitrogens with two attached hydrogens (primary N) is 1. The zero-order chi connectivity index (χ0) is 21.1. The number of hydrogen-bond acceptors (Lipinski definition) is 8. The zero-order valence-electron chi connectivity index (χ0n) is 16.5. The smallest absolute Gasteiger partial charge is 0.275 e. The first-order valence-corrected chi connectivity index (χ1v) is 9.73. The lowest BCUT2D eigenvalue weighted by atomic mass is 9.87. The van der Waals surface area contributed by atoms with Gasteiger partial charge in [-0.05, 0) is 25.5 Å². The maximum Gasteiger partial charge on any atom is 0.275 e. The van der Waals surface area contributed by atoms with Crippen molar-refractivity contribution in [1.29, 1.82) is 0 Å². The summed E-state index contributed by atoms with van der Waals surface area (Å²) in [6.45, 7) is 6.33. The van der Waals surface area contributed by atoms with Crippen molar-refractivity contribution < 1.29 is 9.53 Å². The number of rotatable bonds is 5. The van der Waals surface area contributed by atoms with Crippen molar-refractivity contribution in [2.24, 2.45) is 10.7 Å². The fourth-order valence-electron chi connectivity index (χ4n) is 3.22. The molecule has 0 saturated heterocycles. The van der Waals surface area contributed by atoms with Crippen molar-refractivity contribution in [3.05, 3.63) is 42.1 Å². The number of nitrogens with one attached hydrogen (secondary N) is 1. The fourth-order valence-corrected chi connectivity index (χ4v) is 4.39. The minimum atomic E-state index is -0.574. The van der Waals surface area contributed by atoms with Gasteiger partial charge in [0.25, 0.3) is 5.91 Å². The molecule has 0 aliphatic carbocycles. The van der Waals surface area contributed by atoms with Gasteiger partial charge < -0.3 is 15.8 Å². The predicted molar refractivity (Wildman–Crippen MR) is 114 cm³/mol. The second-order valence-corrected chi connectivity index (χ2v) is 9.11. The topological polar surface area (TPSA) is 115 Å². The largest absolute Gasteiger partial charge is 0.463 e. The van der Waals surface area contributed by atoms with Crippen LogP contribution in [0.3, 0.4) is 0 Å². The van der Waals surface area contributed by atoms with Crippen molar-refractivity contribution in [1.82, 2.24) is 15.0 Å². The molecule has 1 aliphatic rings. The highest BCUT2D eigenvalue weighted by Gasteiger charge is 2.40. The Kier molecular flexibility index (Phi) is 5.75. The van der Waals surface area contributed by atoms with Crippen LogP contribution in [0, 0.1) is 12.3 Å². The third kappa shape index (κ3) is 5.03. The predicted octanol–water partition coefficient (Wildman–Crippen LogP) is 2.58. The van der Waals surface area contributed by atoms with Crippen LogP contribution in [0.5, 0.6) is 5.88 Å². The molecule has 0 spiro atoms. The number of anilines is 1. The maximum atomic E-state index is 12.5. The highest BCUT2D eigenvalue weighted by molar-refractivity contribution is 8.15. The summed E-state index contributed by atoms with van der Waals surface area (Å²) in [4.78, 5) is 29.7. The quantitative estimate of drug-likeness (QED) is 0.728. The van der Waals surface area contributed by atoms with Gasteiger partial charge in [-0.2, -0.15) is 0 Å². The standard InChI is InChI=1S/C20H22N6O2S/c1-5-8-28-16-11-23-14(10-24-16)17(27)25-13-6-7-22-15(9-13)20(4)12-19(2,3)29-18(21)26-20/h1,6-7,9-11H,8,12H2,2-4H3,(H2,21,26)(H,22,25,27)/t20-/m0/s1. The van der Waals surface area contributed by atoms with Crippen LogP contribution < -0.4 is 15.8 Å². The Bertz CT molecular complexity index is 983. The normalized spacial score (nSPS) is 20.3. The van der Waals surface area contributed by atoms with Crippen LogP contribution in [0.4, 0.5) is 5.69 Å². The molecule has 2 aromatic heterocycles. The van der Waals surface area contributed by atoms with E-state index >= 15 is 0 Å². The highest BCUT2D eigenvalue weighted by atomic mass is 32.2. The molecule has 0 fully saturated rings. The molecule has 29 heavy (non-hydrogen) atoms. The summed E-state index contributed by atoms with van der Waals surface area (Å²) < 4.78 is 5.08. The lowest BCUT2D eigenvalue weighted by molar-refractivity contribution is 0.102. The van der Waals surface area contributed by atoms with Crippen LogP contribution in [0.25, 0.3) is 0 Å². The van der Waals surface area contributed by atoms with Gasteiger partial charge in [0.2, 0.25) is 5.88 Å². The molecule has 0 aromatic carbocycles. The van der Waals surface area contributed by atoms with Crippen molar-refractivity contribution in [3.8, 4) is 18.2 Å². The van der Waals surface area contributed by atoms with Gasteiger partial charge in [0.1, 0.15) is 11.2 Å². The highest BCUT2D eigenvalue weighted by Crippen LogP contribution is 2.44. The van der Waals surface area contributed by atoms with Crippen LogP contribution in [0.15, 0.2) is 35.7 Å². The Hall–Kier alpha value is -3.12. The van der Waals surface area contributed by atoms with E-state index in [0.717, 1.165) is 12.1 Å². The molecular formula is C20H22N6O2S. The van der Waals surface area contributed by atoms with E-state index in [2.05, 4.69) is 45.0 Å². The lowest BCUT2D eigenvalue weighted by Crippen LogP contribution is -2.38. The first-order valence-electron chi connectivity index (χ1n) is 8.91. The molecule has 8 nitrogen and oxygen atoms in total. The van der Waals surface area contributed by atoms with E-state index in [0.29, 0.717) is 10.9 Å². The molecule has 1 atom stereocenters. The molecule has 1 amide bonds. The number of thioether (sulfide) groups is 1. The van der Waals surface area contributed by atoms with E-state index in [-0.39, 0.29) is 22.9 Å². The average molecular weight is 411 g/mol. The van der Waals surface area contributed by atoms with Gasteiger partial charge in [-0.1, -0.05) is 31.5 Å². The summed E-state index contributed by atoms with van der Waals surface area (Å²) in [5.41, 5.74) is 6.93. The second-order valence-electron chi connectivity index (χ2n) is 7.38. The van der Waals surface area contributed by atoms with E-state index in [4.69, 9.17) is 16.9 Å². The third-order valence-electron chi connectivity index (χ3n) is 4.24. The number of ether oxygens (including phenoxy) is 1. The van der Waals surface area contributed by atoms with E-state index in [1.54, 1.807) is 30.1 Å². The lowest BCUT2D eigenvalue weighted by Gasteiger charge is -2.38. The van der Waals surface area contributed by atoms with Gasteiger partial charge in [0, 0.05) is 16.6 Å². The minimum absolute atomic E-state index is 0.0691. The van der Waals surface area contributed by atoms with Crippen LogP contribution in [-0.4, -0.2) is 37.4 Å². The van der Waals surface area contributed by atoms with E-state index in [1.165, 1.54) is 12.4 Å². The number of hydrogen-bond donors (Lipinski definition) is 2. The number of pyridine rings is 1. The Morgan fingerprint density at radius 1 is 1.34 bits per heavy atom. The third-order valence-corrected chi connectivity index (χ3v) is 5.24. The van der Waals surface area contributed by atoms with Gasteiger partial charge >= 0.3 is 0 Å². The van der Waals surface area contributed by atoms with Crippen molar-refractivity contribution >= 4 is 28.5 Å². The van der Waals surface area contributed by atoms with Crippen LogP contribution in [0.1, 0.15) is 43.4 Å². The Balaban J connectivity index is 1.77. The molecular weight excluding hydrogens is 388 g/mol. The maximum absolute atomic E-state index is 12.5. The van der Waals surface area contributed by atoms with Gasteiger partial charge in [-0.3, -0.25) is 9.78 Å². The number of aliphatic imine (C=N–C) groups is 1. The average Bonchev–Trinajstić information content (AvgIpc) is 2.65. The number of amidine groups is 1. The van der Waals surface area contributed by atoms with Crippen molar-refractivity contribution in [2.45, 2.75) is 37.5 Å². The summed E-state index contributed by atoms with van der Waals surface area (Å²) in [6, 6.07) is 3.51. The molecule has 2 aromatic rings. The monoisotopic (exact) mass is 410 g/mol. The number of carbonyl (C=O) groups excluding carboxylic acids is 1. The summed E-state index contributed by atoms with van der Waals surface area (Å²) >= 11 is 1.55. The van der Waals surface area contributed by atoms with Gasteiger partial charge in [-0.15, -0.1) is 6.42 Å². The van der Waals surface area contributed by atoms with Crippen molar-refractivity contribution in [3.63, 3.8) is 0 Å². The number of amides is 1. The molecule has 0 radical (unpaired) electrons.